The SMILES string of the molecule is CCONC(=O)c1cnc(NC(=O)C2CC2)cc1Nc1cc(F)cc(-c2ncc(C)cn2)c1OC. The number of hydroxylamine groups is 1. The number of carbonyl (C=O) groups excluding carboxylic acids is 2. The van der Waals surface area contributed by atoms with E-state index < -0.39 is 11.7 Å². The zero-order valence-electron chi connectivity index (χ0n) is 19.5. The number of anilines is 3. The molecule has 2 aromatic heterocycles. The number of aromatic nitrogens is 3. The maximum Gasteiger partial charge on any atom is 0.278 e. The molecule has 3 aromatic rings. The molecule has 0 saturated heterocycles. The number of hydrogen-bond donors (Lipinski definition) is 3. The van der Waals surface area contributed by atoms with Crippen LogP contribution in [0.15, 0.2) is 36.8 Å². The average molecular weight is 481 g/mol. The van der Waals surface area contributed by atoms with Gasteiger partial charge in [0.15, 0.2) is 11.6 Å². The predicted molar refractivity (Wildman–Crippen MR) is 127 cm³/mol. The molecule has 0 radical (unpaired) electrons. The van der Waals surface area contributed by atoms with Gasteiger partial charge in [0.25, 0.3) is 5.91 Å². The van der Waals surface area contributed by atoms with Gasteiger partial charge in [0.1, 0.15) is 11.6 Å². The third kappa shape index (κ3) is 5.69. The highest BCUT2D eigenvalue weighted by molar-refractivity contribution is 6.01. The highest BCUT2D eigenvalue weighted by Crippen LogP contribution is 2.38. The molecule has 3 N–H and O–H groups in total. The molecular weight excluding hydrogens is 455 g/mol. The molecule has 1 fully saturated rings. The van der Waals surface area contributed by atoms with E-state index in [0.717, 1.165) is 18.4 Å². The number of nitrogens with one attached hydrogen (secondary N) is 3. The van der Waals surface area contributed by atoms with Crippen LogP contribution in [0.2, 0.25) is 0 Å². The topological polar surface area (TPSA) is 127 Å². The number of methoxy groups -OCH3 is 1. The van der Waals surface area contributed by atoms with Crippen molar-refractivity contribution in [2.24, 2.45) is 5.92 Å². The molecule has 1 aliphatic rings. The van der Waals surface area contributed by atoms with Gasteiger partial charge >= 0.3 is 0 Å². The molecule has 0 spiro atoms. The first-order chi connectivity index (χ1) is 16.9. The van der Waals surface area contributed by atoms with Gasteiger partial charge in [-0.15, -0.1) is 0 Å². The monoisotopic (exact) mass is 480 g/mol. The second-order valence-corrected chi connectivity index (χ2v) is 7.99. The van der Waals surface area contributed by atoms with Crippen molar-refractivity contribution in [2.75, 3.05) is 24.4 Å². The minimum atomic E-state index is -0.570. The molecule has 35 heavy (non-hydrogen) atoms. The van der Waals surface area contributed by atoms with Crippen molar-refractivity contribution < 1.29 is 23.6 Å². The van der Waals surface area contributed by atoms with Crippen molar-refractivity contribution in [3.63, 3.8) is 0 Å². The molecular formula is C24H25FN6O4. The van der Waals surface area contributed by atoms with E-state index in [2.05, 4.69) is 31.1 Å². The van der Waals surface area contributed by atoms with Gasteiger partial charge in [-0.3, -0.25) is 14.4 Å². The number of carbonyl (C=O) groups is 2. The number of amides is 2. The molecule has 2 amide bonds. The zero-order valence-corrected chi connectivity index (χ0v) is 19.5. The Hall–Kier alpha value is -4.12. The molecule has 10 nitrogen and oxygen atoms in total. The molecule has 11 heteroatoms. The summed E-state index contributed by atoms with van der Waals surface area (Å²) in [6, 6.07) is 3.99. The lowest BCUT2D eigenvalue weighted by atomic mass is 10.1. The van der Waals surface area contributed by atoms with Crippen molar-refractivity contribution in [1.29, 1.82) is 0 Å². The summed E-state index contributed by atoms with van der Waals surface area (Å²) in [6.45, 7) is 3.83. The van der Waals surface area contributed by atoms with Gasteiger partial charge in [0.2, 0.25) is 5.91 Å². The number of benzene rings is 1. The first-order valence-corrected chi connectivity index (χ1v) is 11.1. The molecule has 0 bridgehead atoms. The normalized spacial score (nSPS) is 12.7. The minimum Gasteiger partial charge on any atom is -0.494 e. The zero-order chi connectivity index (χ0) is 24.9. The van der Waals surface area contributed by atoms with Crippen LogP contribution in [0.3, 0.4) is 0 Å². The second kappa shape index (κ2) is 10.4. The molecule has 1 aromatic carbocycles. The summed E-state index contributed by atoms with van der Waals surface area (Å²) in [6.07, 6.45) is 6.20. The summed E-state index contributed by atoms with van der Waals surface area (Å²) in [5.74, 6) is -0.520. The lowest BCUT2D eigenvalue weighted by Crippen LogP contribution is -2.25. The molecule has 0 atom stereocenters. The van der Waals surface area contributed by atoms with Crippen LogP contribution >= 0.6 is 0 Å². The van der Waals surface area contributed by atoms with Crippen molar-refractivity contribution in [3.8, 4) is 17.1 Å². The smallest absolute Gasteiger partial charge is 0.278 e. The van der Waals surface area contributed by atoms with Gasteiger partial charge in [-0.1, -0.05) is 0 Å². The van der Waals surface area contributed by atoms with Crippen LogP contribution in [0.4, 0.5) is 21.6 Å². The molecule has 1 saturated carbocycles. The fourth-order valence-corrected chi connectivity index (χ4v) is 3.32. The Bertz CT molecular complexity index is 1250. The number of halogens is 1. The van der Waals surface area contributed by atoms with E-state index in [9.17, 15) is 14.0 Å². The summed E-state index contributed by atoms with van der Waals surface area (Å²) in [5.41, 5.74) is 4.08. The number of hydrogen-bond acceptors (Lipinski definition) is 8. The maximum absolute atomic E-state index is 14.7. The fraction of sp³-hybridized carbons (Fsp3) is 0.292. The highest BCUT2D eigenvalue weighted by atomic mass is 19.1. The average Bonchev–Trinajstić information content (AvgIpc) is 3.69. The molecule has 182 valence electrons. The number of ether oxygens (including phenoxy) is 1. The van der Waals surface area contributed by atoms with E-state index in [4.69, 9.17) is 9.57 Å². The third-order valence-electron chi connectivity index (χ3n) is 5.21. The summed E-state index contributed by atoms with van der Waals surface area (Å²) in [7, 11) is 1.44. The standard InChI is InChI=1S/C24H25FN6O4/c1-4-35-31-24(33)17-12-26-20(30-23(32)14-5-6-14)9-18(17)29-19-8-15(25)7-16(21(19)34-3)22-27-10-13(2)11-28-22/h7-12,14H,4-6H2,1-3H3,(H,31,33)(H2,26,29,30,32). The Morgan fingerprint density at radius 2 is 1.83 bits per heavy atom. The molecule has 4 rings (SSSR count). The first-order valence-electron chi connectivity index (χ1n) is 11.1. The predicted octanol–water partition coefficient (Wildman–Crippen LogP) is 3.77. The van der Waals surface area contributed by atoms with Gasteiger partial charge < -0.3 is 15.4 Å². The van der Waals surface area contributed by atoms with Crippen LogP contribution in [0, 0.1) is 18.7 Å². The number of aryl methyl sites for hydroxylation is 1. The highest BCUT2D eigenvalue weighted by Gasteiger charge is 2.30. The first kappa shape index (κ1) is 24.0. The van der Waals surface area contributed by atoms with E-state index in [0.29, 0.717) is 5.56 Å². The summed E-state index contributed by atoms with van der Waals surface area (Å²) in [5, 5.41) is 5.79. The molecule has 1 aliphatic carbocycles. The lowest BCUT2D eigenvalue weighted by Gasteiger charge is -2.17. The Balaban J connectivity index is 1.74. The summed E-state index contributed by atoms with van der Waals surface area (Å²) < 4.78 is 20.2. The van der Waals surface area contributed by atoms with E-state index in [1.165, 1.54) is 31.5 Å². The Morgan fingerprint density at radius 1 is 1.09 bits per heavy atom. The van der Waals surface area contributed by atoms with Gasteiger partial charge in [-0.2, -0.15) is 0 Å². The number of pyridine rings is 1. The molecule has 0 aliphatic heterocycles. The molecule has 2 heterocycles. The van der Waals surface area contributed by atoms with Crippen molar-refractivity contribution in [3.05, 3.63) is 53.7 Å². The number of rotatable bonds is 9. The van der Waals surface area contributed by atoms with Crippen LogP contribution in [-0.4, -0.2) is 40.5 Å². The summed E-state index contributed by atoms with van der Waals surface area (Å²) in [4.78, 5) is 42.6. The maximum atomic E-state index is 14.7. The quantitative estimate of drug-likeness (QED) is 0.395. The van der Waals surface area contributed by atoms with Gasteiger partial charge in [-0.05, 0) is 38.3 Å². The van der Waals surface area contributed by atoms with Crippen LogP contribution in [0.25, 0.3) is 11.4 Å². The second-order valence-electron chi connectivity index (χ2n) is 7.99. The van der Waals surface area contributed by atoms with E-state index in [-0.39, 0.29) is 52.8 Å². The third-order valence-corrected chi connectivity index (χ3v) is 5.21. The van der Waals surface area contributed by atoms with E-state index in [1.54, 1.807) is 19.3 Å². The van der Waals surface area contributed by atoms with E-state index >= 15 is 0 Å². The Kier molecular flexibility index (Phi) is 7.16. The number of nitrogens with zero attached hydrogens (tertiary/aromatic N) is 3. The van der Waals surface area contributed by atoms with Crippen molar-refractivity contribution in [2.45, 2.75) is 26.7 Å². The van der Waals surface area contributed by atoms with E-state index in [1.807, 2.05) is 6.92 Å². The summed E-state index contributed by atoms with van der Waals surface area (Å²) >= 11 is 0. The van der Waals surface area contributed by atoms with Crippen molar-refractivity contribution in [1.82, 2.24) is 20.4 Å². The van der Waals surface area contributed by atoms with Crippen LogP contribution in [0.1, 0.15) is 35.7 Å². The Morgan fingerprint density at radius 3 is 2.49 bits per heavy atom. The van der Waals surface area contributed by atoms with Crippen LogP contribution in [0.5, 0.6) is 5.75 Å². The van der Waals surface area contributed by atoms with Crippen molar-refractivity contribution >= 4 is 29.0 Å². The lowest BCUT2D eigenvalue weighted by molar-refractivity contribution is -0.117. The minimum absolute atomic E-state index is 0.0329. The van der Waals surface area contributed by atoms with Gasteiger partial charge in [0.05, 0.1) is 36.2 Å². The molecule has 0 unspecified atom stereocenters. The van der Waals surface area contributed by atoms with Gasteiger partial charge in [0, 0.05) is 36.6 Å². The van der Waals surface area contributed by atoms with Crippen LogP contribution in [-0.2, 0) is 9.63 Å². The Labute approximate surface area is 201 Å². The van der Waals surface area contributed by atoms with Gasteiger partial charge in [-0.25, -0.2) is 24.8 Å². The largest absolute Gasteiger partial charge is 0.494 e. The van der Waals surface area contributed by atoms with Crippen LogP contribution < -0.4 is 20.9 Å². The fourth-order valence-electron chi connectivity index (χ4n) is 3.32.